The minimum atomic E-state index is 0.302. The minimum Gasteiger partial charge on any atom is -0.618 e. The molecular weight excluding hydrogens is 262 g/mol. The quantitative estimate of drug-likeness (QED) is 0.592. The molecule has 1 aliphatic heterocycles. The number of hydrogen-bond donors (Lipinski definition) is 0. The lowest BCUT2D eigenvalue weighted by molar-refractivity contribution is -0.577. The number of aryl methyl sites for hydroxylation is 1. The number of ether oxygens (including phenoxy) is 1. The molecule has 0 N–H and O–H groups in total. The molecule has 1 aromatic carbocycles. The molecule has 2 aromatic rings. The lowest BCUT2D eigenvalue weighted by atomic mass is 9.94. The Hall–Kier alpha value is -1.32. The Morgan fingerprint density at radius 1 is 1.37 bits per heavy atom. The number of fused-ring (bicyclic) bond motifs is 1. The first-order chi connectivity index (χ1) is 9.15. The first-order valence-corrected chi connectivity index (χ1v) is 6.93. The Bertz CT molecular complexity index is 621. The third kappa shape index (κ3) is 2.40. The molecule has 1 aromatic heterocycles. The maximum atomic E-state index is 12.2. The molecule has 0 aliphatic carbocycles. The molecule has 4 heteroatoms. The van der Waals surface area contributed by atoms with E-state index in [2.05, 4.69) is 0 Å². The van der Waals surface area contributed by atoms with Gasteiger partial charge in [0.25, 0.3) is 0 Å². The molecule has 1 unspecified atom stereocenters. The third-order valence-electron chi connectivity index (χ3n) is 3.70. The fraction of sp³-hybridized carbons (Fsp3) is 0.400. The smallest absolute Gasteiger partial charge is 0.225 e. The van der Waals surface area contributed by atoms with Crippen molar-refractivity contribution in [2.45, 2.75) is 25.7 Å². The number of aromatic nitrogens is 1. The molecule has 0 bridgehead atoms. The van der Waals surface area contributed by atoms with Crippen LogP contribution in [0.3, 0.4) is 0 Å². The van der Waals surface area contributed by atoms with Crippen LogP contribution in [0, 0.1) is 12.1 Å². The maximum absolute atomic E-state index is 12.2. The van der Waals surface area contributed by atoms with E-state index in [1.165, 1.54) is 0 Å². The second-order valence-corrected chi connectivity index (χ2v) is 5.60. The van der Waals surface area contributed by atoms with Gasteiger partial charge in [0.15, 0.2) is 6.20 Å². The molecule has 3 rings (SSSR count). The van der Waals surface area contributed by atoms with Gasteiger partial charge >= 0.3 is 0 Å². The highest BCUT2D eigenvalue weighted by molar-refractivity contribution is 6.35. The van der Waals surface area contributed by atoms with Crippen LogP contribution >= 0.6 is 11.6 Å². The fourth-order valence-corrected chi connectivity index (χ4v) is 3.02. The zero-order valence-electron chi connectivity index (χ0n) is 10.9. The summed E-state index contributed by atoms with van der Waals surface area (Å²) < 4.78 is 6.42. The van der Waals surface area contributed by atoms with Crippen LogP contribution < -0.4 is 4.73 Å². The number of nitrogens with zero attached hydrogens (tertiary/aromatic N) is 1. The number of hydrogen-bond acceptors (Lipinski definition) is 2. The van der Waals surface area contributed by atoms with E-state index in [-0.39, 0.29) is 0 Å². The van der Waals surface area contributed by atoms with E-state index in [1.807, 2.05) is 25.1 Å². The summed E-state index contributed by atoms with van der Waals surface area (Å²) >= 11 is 6.26. The molecule has 0 spiro atoms. The predicted octanol–water partition coefficient (Wildman–Crippen LogP) is 3.33. The molecule has 1 fully saturated rings. The van der Waals surface area contributed by atoms with Gasteiger partial charge in [-0.3, -0.25) is 0 Å². The van der Waals surface area contributed by atoms with Crippen molar-refractivity contribution < 1.29 is 9.47 Å². The summed E-state index contributed by atoms with van der Waals surface area (Å²) in [6.07, 6.45) is 3.77. The predicted molar refractivity (Wildman–Crippen MR) is 75.4 cm³/mol. The van der Waals surface area contributed by atoms with Gasteiger partial charge in [-0.1, -0.05) is 11.6 Å². The number of halogens is 1. The van der Waals surface area contributed by atoms with Gasteiger partial charge in [-0.2, -0.15) is 4.73 Å². The minimum absolute atomic E-state index is 0.302. The third-order valence-corrected chi connectivity index (χ3v) is 4.01. The van der Waals surface area contributed by atoms with Crippen molar-refractivity contribution in [2.75, 3.05) is 13.2 Å². The van der Waals surface area contributed by atoms with Crippen molar-refractivity contribution in [3.8, 4) is 0 Å². The van der Waals surface area contributed by atoms with Crippen LogP contribution in [0.5, 0.6) is 0 Å². The van der Waals surface area contributed by atoms with Crippen molar-refractivity contribution in [1.29, 1.82) is 0 Å². The van der Waals surface area contributed by atoms with Gasteiger partial charge in [-0.25, -0.2) is 0 Å². The van der Waals surface area contributed by atoms with Gasteiger partial charge in [-0.05, 0) is 37.5 Å². The second-order valence-electron chi connectivity index (χ2n) is 5.19. The summed E-state index contributed by atoms with van der Waals surface area (Å²) in [7, 11) is 0. The lowest BCUT2D eigenvalue weighted by Gasteiger charge is -2.22. The van der Waals surface area contributed by atoms with E-state index in [0.717, 1.165) is 40.7 Å². The fourth-order valence-electron chi connectivity index (χ4n) is 2.70. The molecule has 3 nitrogen and oxygen atoms in total. The van der Waals surface area contributed by atoms with Gasteiger partial charge in [-0.15, -0.1) is 0 Å². The molecule has 2 heterocycles. The molecular formula is C15H16ClNO2. The van der Waals surface area contributed by atoms with E-state index in [1.54, 1.807) is 6.20 Å². The topological polar surface area (TPSA) is 36.2 Å². The Morgan fingerprint density at radius 3 is 2.95 bits per heavy atom. The van der Waals surface area contributed by atoms with Crippen molar-refractivity contribution in [3.05, 3.63) is 45.8 Å². The summed E-state index contributed by atoms with van der Waals surface area (Å²) in [6.45, 7) is 3.45. The van der Waals surface area contributed by atoms with Gasteiger partial charge in [0.2, 0.25) is 5.52 Å². The second kappa shape index (κ2) is 4.99. The van der Waals surface area contributed by atoms with Crippen molar-refractivity contribution in [3.63, 3.8) is 0 Å². The zero-order valence-corrected chi connectivity index (χ0v) is 11.6. The molecule has 1 saturated heterocycles. The molecule has 100 valence electrons. The van der Waals surface area contributed by atoms with Crippen LogP contribution in [0.4, 0.5) is 0 Å². The monoisotopic (exact) mass is 277 g/mol. The average molecular weight is 278 g/mol. The zero-order chi connectivity index (χ0) is 13.4. The first kappa shape index (κ1) is 12.7. The maximum Gasteiger partial charge on any atom is 0.225 e. The van der Waals surface area contributed by atoms with E-state index in [9.17, 15) is 5.21 Å². The molecule has 0 radical (unpaired) electrons. The molecule has 0 amide bonds. The molecule has 0 saturated carbocycles. The first-order valence-electron chi connectivity index (χ1n) is 6.56. The summed E-state index contributed by atoms with van der Waals surface area (Å²) in [5.41, 5.74) is 2.65. The van der Waals surface area contributed by atoms with Crippen LogP contribution in [0.25, 0.3) is 10.9 Å². The lowest BCUT2D eigenvalue weighted by Crippen LogP contribution is -2.29. The van der Waals surface area contributed by atoms with Crippen LogP contribution in [-0.2, 0) is 4.74 Å². The van der Waals surface area contributed by atoms with E-state index >= 15 is 0 Å². The van der Waals surface area contributed by atoms with E-state index in [4.69, 9.17) is 16.3 Å². The molecule has 1 aliphatic rings. The van der Waals surface area contributed by atoms with E-state index < -0.39 is 0 Å². The van der Waals surface area contributed by atoms with Gasteiger partial charge in [0.1, 0.15) is 0 Å². The Labute approximate surface area is 117 Å². The molecule has 1 atom stereocenters. The number of pyridine rings is 1. The highest BCUT2D eigenvalue weighted by atomic mass is 35.5. The van der Waals surface area contributed by atoms with Crippen LogP contribution in [0.1, 0.15) is 29.9 Å². The Morgan fingerprint density at radius 2 is 2.21 bits per heavy atom. The number of rotatable bonds is 1. The van der Waals surface area contributed by atoms with Crippen molar-refractivity contribution >= 4 is 22.5 Å². The van der Waals surface area contributed by atoms with Gasteiger partial charge in [0.05, 0.1) is 17.0 Å². The molecule has 19 heavy (non-hydrogen) atoms. The van der Waals surface area contributed by atoms with E-state index in [0.29, 0.717) is 23.1 Å². The normalized spacial score (nSPS) is 19.8. The van der Waals surface area contributed by atoms with Crippen LogP contribution in [0.2, 0.25) is 5.02 Å². The summed E-state index contributed by atoms with van der Waals surface area (Å²) in [5, 5.41) is 13.6. The van der Waals surface area contributed by atoms with Gasteiger partial charge in [0, 0.05) is 24.2 Å². The van der Waals surface area contributed by atoms with Gasteiger partial charge < -0.3 is 9.94 Å². The Kier molecular flexibility index (Phi) is 3.33. The highest BCUT2D eigenvalue weighted by Gasteiger charge is 2.20. The summed E-state index contributed by atoms with van der Waals surface area (Å²) in [4.78, 5) is 0. The van der Waals surface area contributed by atoms with Crippen molar-refractivity contribution in [1.82, 2.24) is 0 Å². The standard InChI is InChI=1S/C15H16ClNO2/c1-10-5-14(16)13-7-12(8-17(18)15(13)6-10)11-3-2-4-19-9-11/h5-8,11H,2-4,9H2,1H3. The van der Waals surface area contributed by atoms with Crippen LogP contribution in [-0.4, -0.2) is 13.2 Å². The largest absolute Gasteiger partial charge is 0.618 e. The SMILES string of the molecule is Cc1cc(Cl)c2cc(C3CCCOC3)c[n+]([O-])c2c1. The van der Waals surface area contributed by atoms with Crippen LogP contribution in [0.15, 0.2) is 24.4 Å². The Balaban J connectivity index is 2.13. The highest BCUT2D eigenvalue weighted by Crippen LogP contribution is 2.29. The average Bonchev–Trinajstić information content (AvgIpc) is 2.41. The van der Waals surface area contributed by atoms with Crippen molar-refractivity contribution in [2.24, 2.45) is 0 Å². The number of benzene rings is 1. The summed E-state index contributed by atoms with van der Waals surface area (Å²) in [6, 6.07) is 5.80. The summed E-state index contributed by atoms with van der Waals surface area (Å²) in [5.74, 6) is 0.302.